The predicted molar refractivity (Wildman–Crippen MR) is 135 cm³/mol. The van der Waals surface area contributed by atoms with Crippen LogP contribution in [-0.4, -0.2) is 41.9 Å². The number of anilines is 2. The molecule has 8 nitrogen and oxygen atoms in total. The summed E-state index contributed by atoms with van der Waals surface area (Å²) in [5, 5.41) is 23.9. The molecule has 1 heterocycles. The number of carbonyl (C=O) groups is 1. The van der Waals surface area contributed by atoms with Gasteiger partial charge in [0.1, 0.15) is 17.8 Å². The van der Waals surface area contributed by atoms with Gasteiger partial charge in [0.15, 0.2) is 0 Å². The van der Waals surface area contributed by atoms with Gasteiger partial charge in [-0.3, -0.25) is 19.8 Å². The Kier molecular flexibility index (Phi) is 7.38. The van der Waals surface area contributed by atoms with Gasteiger partial charge in [-0.15, -0.1) is 0 Å². The van der Waals surface area contributed by atoms with Crippen LogP contribution in [0.4, 0.5) is 17.1 Å². The number of para-hydroxylation sites is 1. The van der Waals surface area contributed by atoms with E-state index in [1.807, 2.05) is 54.6 Å². The summed E-state index contributed by atoms with van der Waals surface area (Å²) >= 11 is 0. The molecule has 0 aromatic heterocycles. The molecule has 0 spiro atoms. The van der Waals surface area contributed by atoms with Gasteiger partial charge in [0.05, 0.1) is 16.2 Å². The number of rotatable bonds is 6. The smallest absolute Gasteiger partial charge is 0.293 e. The van der Waals surface area contributed by atoms with E-state index < -0.39 is 11.0 Å². The van der Waals surface area contributed by atoms with Crippen LogP contribution in [0.2, 0.25) is 0 Å². The third-order valence-electron chi connectivity index (χ3n) is 6.23. The number of nitrogens with one attached hydrogen (secondary N) is 1. The van der Waals surface area contributed by atoms with Crippen LogP contribution in [0.15, 0.2) is 72.8 Å². The summed E-state index contributed by atoms with van der Waals surface area (Å²) in [5.74, 6) is -0.311. The third kappa shape index (κ3) is 5.48. The summed E-state index contributed by atoms with van der Waals surface area (Å²) < 4.78 is 0. The highest BCUT2D eigenvalue weighted by atomic mass is 16.6. The molecule has 1 N–H and O–H groups in total. The number of nitro groups is 1. The fraction of sp³-hybridized carbons (Fsp3) is 0.259. The van der Waals surface area contributed by atoms with Gasteiger partial charge in [-0.05, 0) is 42.7 Å². The van der Waals surface area contributed by atoms with E-state index in [1.54, 1.807) is 19.1 Å². The maximum absolute atomic E-state index is 13.6. The summed E-state index contributed by atoms with van der Waals surface area (Å²) in [7, 11) is 0. The summed E-state index contributed by atoms with van der Waals surface area (Å²) in [6, 6.07) is 23.5. The molecule has 4 rings (SSSR count). The molecule has 0 saturated carbocycles. The predicted octanol–water partition coefficient (Wildman–Crippen LogP) is 4.67. The molecule has 0 bridgehead atoms. The van der Waals surface area contributed by atoms with Crippen molar-refractivity contribution >= 4 is 23.0 Å². The monoisotopic (exact) mass is 469 g/mol. The van der Waals surface area contributed by atoms with Crippen molar-refractivity contribution in [2.45, 2.75) is 19.4 Å². The molecule has 1 amide bonds. The second-order valence-electron chi connectivity index (χ2n) is 8.59. The molecule has 8 heteroatoms. The Bertz CT molecular complexity index is 1260. The Morgan fingerprint density at radius 2 is 1.77 bits per heavy atom. The number of carbonyl (C=O) groups excluding carboxylic acids is 1. The van der Waals surface area contributed by atoms with Gasteiger partial charge in [0.2, 0.25) is 5.91 Å². The minimum absolute atomic E-state index is 0.125. The number of aryl methyl sites for hydroxylation is 1. The fourth-order valence-corrected chi connectivity index (χ4v) is 4.54. The van der Waals surface area contributed by atoms with Crippen LogP contribution in [-0.2, 0) is 4.79 Å². The topological polar surface area (TPSA) is 103 Å². The molecule has 0 aliphatic carbocycles. The van der Waals surface area contributed by atoms with Crippen molar-refractivity contribution in [3.63, 3.8) is 0 Å². The minimum atomic E-state index is -0.608. The number of amides is 1. The van der Waals surface area contributed by atoms with Crippen LogP contribution < -0.4 is 10.2 Å². The van der Waals surface area contributed by atoms with Gasteiger partial charge in [-0.25, -0.2) is 0 Å². The number of hydrogen-bond donors (Lipinski definition) is 1. The van der Waals surface area contributed by atoms with Crippen LogP contribution in [0, 0.1) is 28.4 Å². The molecule has 1 saturated heterocycles. The van der Waals surface area contributed by atoms with E-state index in [4.69, 9.17) is 0 Å². The Labute approximate surface area is 204 Å². The highest BCUT2D eigenvalue weighted by Crippen LogP contribution is 2.30. The number of benzene rings is 3. The second kappa shape index (κ2) is 10.8. The number of hydrogen-bond acceptors (Lipinski definition) is 6. The van der Waals surface area contributed by atoms with E-state index in [-0.39, 0.29) is 17.3 Å². The summed E-state index contributed by atoms with van der Waals surface area (Å²) in [5.41, 5.74) is 3.16. The lowest BCUT2D eigenvalue weighted by atomic mass is 10.0. The van der Waals surface area contributed by atoms with Crippen molar-refractivity contribution in [2.24, 2.45) is 0 Å². The van der Waals surface area contributed by atoms with Crippen molar-refractivity contribution < 1.29 is 9.72 Å². The molecule has 178 valence electrons. The largest absolute Gasteiger partial charge is 0.369 e. The summed E-state index contributed by atoms with van der Waals surface area (Å²) in [6.45, 7) is 4.47. The minimum Gasteiger partial charge on any atom is -0.369 e. The van der Waals surface area contributed by atoms with Gasteiger partial charge in [-0.1, -0.05) is 48.5 Å². The average molecular weight is 470 g/mol. The first-order valence-electron chi connectivity index (χ1n) is 11.6. The van der Waals surface area contributed by atoms with E-state index in [1.165, 1.54) is 6.07 Å². The lowest BCUT2D eigenvalue weighted by Crippen LogP contribution is -2.39. The van der Waals surface area contributed by atoms with E-state index in [9.17, 15) is 20.2 Å². The zero-order valence-corrected chi connectivity index (χ0v) is 19.6. The molecular formula is C27H27N5O3. The fourth-order valence-electron chi connectivity index (χ4n) is 4.54. The van der Waals surface area contributed by atoms with Crippen molar-refractivity contribution in [2.75, 3.05) is 36.4 Å². The molecular weight excluding hydrogens is 442 g/mol. The van der Waals surface area contributed by atoms with Gasteiger partial charge in [-0.2, -0.15) is 5.26 Å². The maximum Gasteiger partial charge on any atom is 0.293 e. The Morgan fingerprint density at radius 1 is 1.03 bits per heavy atom. The van der Waals surface area contributed by atoms with Gasteiger partial charge < -0.3 is 10.2 Å². The standard InChI is InChI=1S/C27H27N5O3/c1-20-12-13-23(25(18-20)32(34)35)29-27(33)26(21-8-3-2-4-9-21)31-15-7-14-30(16-17-31)24-11-6-5-10-22(24)19-28/h2-6,8-13,18,26H,7,14-17H2,1H3,(H,29,33). The maximum atomic E-state index is 13.6. The molecule has 0 radical (unpaired) electrons. The third-order valence-corrected chi connectivity index (χ3v) is 6.23. The van der Waals surface area contributed by atoms with Crippen molar-refractivity contribution in [1.29, 1.82) is 5.26 Å². The SMILES string of the molecule is Cc1ccc(NC(=O)C(c2ccccc2)N2CCCN(c3ccccc3C#N)CC2)c([N+](=O)[O-])c1. The first-order chi connectivity index (χ1) is 17.0. The van der Waals surface area contributed by atoms with E-state index in [0.29, 0.717) is 25.2 Å². The van der Waals surface area contributed by atoms with Crippen LogP contribution in [0.1, 0.15) is 29.2 Å². The van der Waals surface area contributed by atoms with E-state index >= 15 is 0 Å². The highest BCUT2D eigenvalue weighted by molar-refractivity contribution is 5.97. The van der Waals surface area contributed by atoms with E-state index in [2.05, 4.69) is 21.2 Å². The molecule has 35 heavy (non-hydrogen) atoms. The Balaban J connectivity index is 1.60. The summed E-state index contributed by atoms with van der Waals surface area (Å²) in [6.07, 6.45) is 0.807. The molecule has 1 aliphatic heterocycles. The van der Waals surface area contributed by atoms with Crippen LogP contribution in [0.5, 0.6) is 0 Å². The van der Waals surface area contributed by atoms with Gasteiger partial charge in [0.25, 0.3) is 5.69 Å². The molecule has 3 aromatic rings. The van der Waals surface area contributed by atoms with Crippen molar-refractivity contribution in [1.82, 2.24) is 4.90 Å². The normalized spacial score (nSPS) is 15.0. The quantitative estimate of drug-likeness (QED) is 0.416. The lowest BCUT2D eigenvalue weighted by molar-refractivity contribution is -0.384. The van der Waals surface area contributed by atoms with Crippen molar-refractivity contribution in [3.8, 4) is 6.07 Å². The Hall–Kier alpha value is -4.22. The Morgan fingerprint density at radius 3 is 2.51 bits per heavy atom. The number of nitriles is 1. The van der Waals surface area contributed by atoms with Gasteiger partial charge >= 0.3 is 0 Å². The van der Waals surface area contributed by atoms with Crippen LogP contribution in [0.25, 0.3) is 0 Å². The molecule has 1 atom stereocenters. The zero-order chi connectivity index (χ0) is 24.8. The average Bonchev–Trinajstić information content (AvgIpc) is 3.12. The van der Waals surface area contributed by atoms with Crippen LogP contribution in [0.3, 0.4) is 0 Å². The lowest BCUT2D eigenvalue weighted by Gasteiger charge is -2.30. The number of nitrogens with zero attached hydrogens (tertiary/aromatic N) is 4. The summed E-state index contributed by atoms with van der Waals surface area (Å²) in [4.78, 5) is 29.0. The van der Waals surface area contributed by atoms with Crippen LogP contribution >= 0.6 is 0 Å². The first kappa shape index (κ1) is 23.9. The molecule has 1 aliphatic rings. The van der Waals surface area contributed by atoms with Gasteiger partial charge in [0, 0.05) is 32.2 Å². The molecule has 1 fully saturated rings. The number of nitro benzene ring substituents is 1. The molecule has 3 aromatic carbocycles. The molecule has 1 unspecified atom stereocenters. The highest BCUT2D eigenvalue weighted by Gasteiger charge is 2.31. The second-order valence-corrected chi connectivity index (χ2v) is 8.59. The van der Waals surface area contributed by atoms with Crippen molar-refractivity contribution in [3.05, 3.63) is 99.6 Å². The van der Waals surface area contributed by atoms with E-state index in [0.717, 1.165) is 29.8 Å². The first-order valence-corrected chi connectivity index (χ1v) is 11.6. The zero-order valence-electron chi connectivity index (χ0n) is 19.6.